The first-order chi connectivity index (χ1) is 16.7. The number of aromatic nitrogens is 1. The van der Waals surface area contributed by atoms with Gasteiger partial charge in [-0.15, -0.1) is 0 Å². The number of aryl methyl sites for hydroxylation is 2. The minimum absolute atomic E-state index is 0.277. The normalized spacial score (nSPS) is 17.1. The minimum Gasteiger partial charge on any atom is -0.490 e. The molecule has 34 heavy (non-hydrogen) atoms. The summed E-state index contributed by atoms with van der Waals surface area (Å²) in [7, 11) is 0. The van der Waals surface area contributed by atoms with E-state index in [1.165, 1.54) is 17.5 Å². The lowest BCUT2D eigenvalue weighted by molar-refractivity contribution is 0.178. The molecule has 1 unspecified atom stereocenters. The highest BCUT2D eigenvalue weighted by Crippen LogP contribution is 2.36. The van der Waals surface area contributed by atoms with Crippen molar-refractivity contribution in [2.75, 3.05) is 0 Å². The Hall–Kier alpha value is -3.59. The van der Waals surface area contributed by atoms with Gasteiger partial charge in [0.1, 0.15) is 11.4 Å². The number of rotatable bonds is 5. The van der Waals surface area contributed by atoms with Crippen molar-refractivity contribution in [2.24, 2.45) is 0 Å². The number of oxazole rings is 1. The van der Waals surface area contributed by atoms with Crippen LogP contribution in [0.5, 0.6) is 5.75 Å². The molecule has 0 radical (unpaired) electrons. The number of hydrogen-bond acceptors (Lipinski definition) is 3. The predicted octanol–water partition coefficient (Wildman–Crippen LogP) is 8.56. The Morgan fingerprint density at radius 2 is 1.32 bits per heavy atom. The summed E-state index contributed by atoms with van der Waals surface area (Å²) in [5.41, 5.74) is 6.32. The van der Waals surface area contributed by atoms with E-state index in [2.05, 4.69) is 74.5 Å². The molecule has 4 aromatic rings. The van der Waals surface area contributed by atoms with Crippen LogP contribution in [0.4, 0.5) is 0 Å². The second kappa shape index (κ2) is 10.1. The molecule has 0 saturated carbocycles. The van der Waals surface area contributed by atoms with Gasteiger partial charge in [0.05, 0.1) is 6.10 Å². The number of ether oxygens (including phenoxy) is 1. The lowest BCUT2D eigenvalue weighted by atomic mass is 10.0. The molecule has 1 aliphatic carbocycles. The van der Waals surface area contributed by atoms with Gasteiger partial charge in [-0.2, -0.15) is 0 Å². The van der Waals surface area contributed by atoms with Crippen molar-refractivity contribution >= 4 is 0 Å². The summed E-state index contributed by atoms with van der Waals surface area (Å²) in [6.45, 7) is 4.18. The highest BCUT2D eigenvalue weighted by Gasteiger charge is 2.18. The second-order valence-electron chi connectivity index (χ2n) is 9.17. The molecule has 1 aromatic heterocycles. The van der Waals surface area contributed by atoms with Gasteiger partial charge >= 0.3 is 0 Å². The molecule has 3 nitrogen and oxygen atoms in total. The van der Waals surface area contributed by atoms with Gasteiger partial charge in [0.2, 0.25) is 5.89 Å². The SMILES string of the molecule is Cc1ccc(-c2nc(-c3ccc(OC4CC/C=C\CCC4)cc3)oc2-c2ccc(C)cc2)cc1. The van der Waals surface area contributed by atoms with Gasteiger partial charge in [0, 0.05) is 16.7 Å². The molecule has 0 N–H and O–H groups in total. The maximum Gasteiger partial charge on any atom is 0.227 e. The van der Waals surface area contributed by atoms with Crippen molar-refractivity contribution < 1.29 is 9.15 Å². The van der Waals surface area contributed by atoms with Crippen LogP contribution in [0.2, 0.25) is 0 Å². The number of allylic oxidation sites excluding steroid dienone is 2. The van der Waals surface area contributed by atoms with Crippen LogP contribution in [0.1, 0.15) is 43.2 Å². The van der Waals surface area contributed by atoms with Crippen LogP contribution in [0, 0.1) is 13.8 Å². The topological polar surface area (TPSA) is 35.3 Å². The van der Waals surface area contributed by atoms with Crippen LogP contribution >= 0.6 is 0 Å². The zero-order chi connectivity index (χ0) is 23.3. The third kappa shape index (κ3) is 5.14. The molecule has 0 bridgehead atoms. The first-order valence-corrected chi connectivity index (χ1v) is 12.2. The van der Waals surface area contributed by atoms with Crippen molar-refractivity contribution in [1.82, 2.24) is 4.98 Å². The van der Waals surface area contributed by atoms with Crippen molar-refractivity contribution in [3.63, 3.8) is 0 Å². The van der Waals surface area contributed by atoms with Gasteiger partial charge in [-0.25, -0.2) is 4.98 Å². The lowest BCUT2D eigenvalue weighted by Crippen LogP contribution is -2.16. The fraction of sp³-hybridized carbons (Fsp3) is 0.258. The zero-order valence-corrected chi connectivity index (χ0v) is 20.0. The smallest absolute Gasteiger partial charge is 0.227 e. The largest absolute Gasteiger partial charge is 0.490 e. The lowest BCUT2D eigenvalue weighted by Gasteiger charge is -2.19. The third-order valence-corrected chi connectivity index (χ3v) is 6.39. The summed E-state index contributed by atoms with van der Waals surface area (Å²) in [5, 5.41) is 0. The number of benzene rings is 3. The summed E-state index contributed by atoms with van der Waals surface area (Å²) < 4.78 is 12.7. The van der Waals surface area contributed by atoms with Crippen LogP contribution in [0.15, 0.2) is 89.4 Å². The maximum atomic E-state index is 6.37. The van der Waals surface area contributed by atoms with Crippen molar-refractivity contribution in [1.29, 1.82) is 0 Å². The molecule has 3 aromatic carbocycles. The molecule has 0 spiro atoms. The molecule has 0 amide bonds. The van der Waals surface area contributed by atoms with Crippen LogP contribution < -0.4 is 4.74 Å². The van der Waals surface area contributed by atoms with Crippen LogP contribution in [0.3, 0.4) is 0 Å². The molecule has 172 valence electrons. The highest BCUT2D eigenvalue weighted by atomic mass is 16.5. The Kier molecular flexibility index (Phi) is 6.62. The van der Waals surface area contributed by atoms with Crippen LogP contribution in [0.25, 0.3) is 34.0 Å². The second-order valence-corrected chi connectivity index (χ2v) is 9.17. The molecular formula is C31H31NO2. The van der Waals surface area contributed by atoms with E-state index in [-0.39, 0.29) is 6.10 Å². The Morgan fingerprint density at radius 3 is 2.03 bits per heavy atom. The van der Waals surface area contributed by atoms with Crippen LogP contribution in [-0.4, -0.2) is 11.1 Å². The van der Waals surface area contributed by atoms with E-state index in [1.54, 1.807) is 0 Å². The Balaban J connectivity index is 1.44. The fourth-order valence-corrected chi connectivity index (χ4v) is 4.36. The first-order valence-electron chi connectivity index (χ1n) is 12.2. The average molecular weight is 450 g/mol. The quantitative estimate of drug-likeness (QED) is 0.286. The Bertz CT molecular complexity index is 1190. The standard InChI is InChI=1S/C31H31NO2/c1-22-10-14-24(15-11-22)29-30(25-16-12-23(2)13-17-25)34-31(32-29)26-18-20-28(21-19-26)33-27-8-6-4-3-5-7-9-27/h3-4,10-21,27H,5-9H2,1-2H3/b4-3-. The maximum absolute atomic E-state index is 6.37. The van der Waals surface area contributed by atoms with Gasteiger partial charge in [-0.3, -0.25) is 0 Å². The molecule has 5 rings (SSSR count). The van der Waals surface area contributed by atoms with Crippen LogP contribution in [-0.2, 0) is 0 Å². The summed E-state index contributed by atoms with van der Waals surface area (Å²) in [5.74, 6) is 2.32. The monoisotopic (exact) mass is 449 g/mol. The summed E-state index contributed by atoms with van der Waals surface area (Å²) >= 11 is 0. The zero-order valence-electron chi connectivity index (χ0n) is 20.0. The van der Waals surface area contributed by atoms with E-state index < -0.39 is 0 Å². The molecule has 1 aliphatic rings. The molecule has 0 aliphatic heterocycles. The fourth-order valence-electron chi connectivity index (χ4n) is 4.36. The molecule has 3 heteroatoms. The Labute approximate surface area is 202 Å². The summed E-state index contributed by atoms with van der Waals surface area (Å²) in [6.07, 6.45) is 10.4. The van der Waals surface area contributed by atoms with E-state index in [0.29, 0.717) is 5.89 Å². The minimum atomic E-state index is 0.277. The highest BCUT2D eigenvalue weighted by molar-refractivity contribution is 5.79. The first kappa shape index (κ1) is 22.2. The van der Waals surface area contributed by atoms with Crippen molar-refractivity contribution in [3.8, 4) is 39.8 Å². The number of hydrogen-bond donors (Lipinski definition) is 0. The molecule has 1 atom stereocenters. The van der Waals surface area contributed by atoms with E-state index in [4.69, 9.17) is 14.1 Å². The average Bonchev–Trinajstić information content (AvgIpc) is 3.27. The van der Waals surface area contributed by atoms with Gasteiger partial charge < -0.3 is 9.15 Å². The van der Waals surface area contributed by atoms with E-state index in [9.17, 15) is 0 Å². The van der Waals surface area contributed by atoms with E-state index >= 15 is 0 Å². The molecule has 1 heterocycles. The van der Waals surface area contributed by atoms with E-state index in [1.807, 2.05) is 24.3 Å². The van der Waals surface area contributed by atoms with E-state index in [0.717, 1.165) is 59.6 Å². The van der Waals surface area contributed by atoms with Gasteiger partial charge in [0.15, 0.2) is 5.76 Å². The Morgan fingerprint density at radius 1 is 0.706 bits per heavy atom. The molecular weight excluding hydrogens is 418 g/mol. The van der Waals surface area contributed by atoms with Crippen molar-refractivity contribution in [3.05, 3.63) is 96.1 Å². The third-order valence-electron chi connectivity index (χ3n) is 6.39. The molecule has 0 saturated heterocycles. The summed E-state index contributed by atoms with van der Waals surface area (Å²) in [4.78, 5) is 4.93. The van der Waals surface area contributed by atoms with Crippen molar-refractivity contribution in [2.45, 2.75) is 52.1 Å². The number of nitrogens with zero attached hydrogens (tertiary/aromatic N) is 1. The van der Waals surface area contributed by atoms with Gasteiger partial charge in [-0.1, -0.05) is 71.8 Å². The van der Waals surface area contributed by atoms with Gasteiger partial charge in [0.25, 0.3) is 0 Å². The predicted molar refractivity (Wildman–Crippen MR) is 139 cm³/mol. The summed E-state index contributed by atoms with van der Waals surface area (Å²) in [6, 6.07) is 25.0. The van der Waals surface area contributed by atoms with Gasteiger partial charge in [-0.05, 0) is 70.2 Å². The molecule has 0 fully saturated rings.